The second-order valence-electron chi connectivity index (χ2n) is 9.15. The molecule has 0 bridgehead atoms. The quantitative estimate of drug-likeness (QED) is 0.309. The maximum atomic E-state index is 13.7. The van der Waals surface area contributed by atoms with Crippen LogP contribution in [0.25, 0.3) is 16.9 Å². The number of carbonyl (C=O) groups excluding carboxylic acids is 2. The standard InChI is InChI=1S/C30H29BrN4O3/c1-21-27(20-28(22-7-4-3-5-8-22)35(21)25-9-6-10-26(19-25)38-2)29(36)33-15-17-34(18-16-33)30(37)32-24-13-11-23(31)12-14-24/h3-14,19-20H,15-18H2,1-2H3,(H,32,37). The van der Waals surface area contributed by atoms with Crippen molar-refractivity contribution < 1.29 is 14.3 Å². The Kier molecular flexibility index (Phi) is 7.51. The lowest BCUT2D eigenvalue weighted by Crippen LogP contribution is -2.51. The average Bonchev–Trinajstić information content (AvgIpc) is 3.31. The van der Waals surface area contributed by atoms with Crippen LogP contribution in [-0.4, -0.2) is 59.6 Å². The molecule has 1 aliphatic rings. The summed E-state index contributed by atoms with van der Waals surface area (Å²) in [6, 6.07) is 27.2. The number of nitrogens with one attached hydrogen (secondary N) is 1. The highest BCUT2D eigenvalue weighted by Crippen LogP contribution is 2.31. The summed E-state index contributed by atoms with van der Waals surface area (Å²) in [6.45, 7) is 3.85. The van der Waals surface area contributed by atoms with Gasteiger partial charge in [0.1, 0.15) is 5.75 Å². The van der Waals surface area contributed by atoms with E-state index in [1.165, 1.54) is 0 Å². The van der Waals surface area contributed by atoms with E-state index in [9.17, 15) is 9.59 Å². The van der Waals surface area contributed by atoms with Crippen molar-refractivity contribution in [1.29, 1.82) is 0 Å². The molecule has 4 aromatic rings. The number of urea groups is 1. The molecule has 38 heavy (non-hydrogen) atoms. The predicted molar refractivity (Wildman–Crippen MR) is 153 cm³/mol. The molecule has 5 rings (SSSR count). The van der Waals surface area contributed by atoms with Crippen molar-refractivity contribution >= 4 is 33.6 Å². The van der Waals surface area contributed by atoms with E-state index in [1.807, 2.05) is 96.8 Å². The summed E-state index contributed by atoms with van der Waals surface area (Å²) in [6.07, 6.45) is 0. The summed E-state index contributed by atoms with van der Waals surface area (Å²) in [7, 11) is 1.65. The zero-order chi connectivity index (χ0) is 26.6. The molecule has 0 unspecified atom stereocenters. The van der Waals surface area contributed by atoms with Gasteiger partial charge in [-0.2, -0.15) is 0 Å². The SMILES string of the molecule is COc1cccc(-n2c(-c3ccccc3)cc(C(=O)N3CCN(C(=O)Nc4ccc(Br)cc4)CC3)c2C)c1. The summed E-state index contributed by atoms with van der Waals surface area (Å²) >= 11 is 3.40. The number of carbonyl (C=O) groups is 2. The number of hydrogen-bond acceptors (Lipinski definition) is 3. The van der Waals surface area contributed by atoms with Crippen LogP contribution in [0, 0.1) is 6.92 Å². The van der Waals surface area contributed by atoms with E-state index in [1.54, 1.807) is 12.0 Å². The molecular weight excluding hydrogens is 544 g/mol. The van der Waals surface area contributed by atoms with Crippen LogP contribution < -0.4 is 10.1 Å². The van der Waals surface area contributed by atoms with Crippen molar-refractivity contribution in [2.24, 2.45) is 0 Å². The van der Waals surface area contributed by atoms with E-state index in [-0.39, 0.29) is 11.9 Å². The van der Waals surface area contributed by atoms with E-state index < -0.39 is 0 Å². The number of benzene rings is 3. The number of anilines is 1. The van der Waals surface area contributed by atoms with Crippen LogP contribution in [0.3, 0.4) is 0 Å². The summed E-state index contributed by atoms with van der Waals surface area (Å²) < 4.78 is 8.51. The molecule has 3 aromatic carbocycles. The van der Waals surface area contributed by atoms with E-state index in [0.29, 0.717) is 31.7 Å². The third-order valence-electron chi connectivity index (χ3n) is 6.81. The minimum atomic E-state index is -0.161. The van der Waals surface area contributed by atoms with Gasteiger partial charge in [0.2, 0.25) is 0 Å². The van der Waals surface area contributed by atoms with Gasteiger partial charge < -0.3 is 24.4 Å². The number of methoxy groups -OCH3 is 1. The van der Waals surface area contributed by atoms with Gasteiger partial charge in [-0.1, -0.05) is 52.3 Å². The topological polar surface area (TPSA) is 66.8 Å². The Morgan fingerprint density at radius 3 is 2.21 bits per heavy atom. The largest absolute Gasteiger partial charge is 0.497 e. The molecule has 8 heteroatoms. The van der Waals surface area contributed by atoms with Crippen molar-refractivity contribution in [3.05, 3.63) is 101 Å². The second-order valence-corrected chi connectivity index (χ2v) is 10.1. The van der Waals surface area contributed by atoms with Crippen LogP contribution >= 0.6 is 15.9 Å². The Morgan fingerprint density at radius 1 is 0.842 bits per heavy atom. The summed E-state index contributed by atoms with van der Waals surface area (Å²) in [4.78, 5) is 30.1. The van der Waals surface area contributed by atoms with Gasteiger partial charge in [-0.3, -0.25) is 4.79 Å². The highest BCUT2D eigenvalue weighted by molar-refractivity contribution is 9.10. The lowest BCUT2D eigenvalue weighted by Gasteiger charge is -2.34. The Labute approximate surface area is 230 Å². The van der Waals surface area contributed by atoms with Gasteiger partial charge in [-0.25, -0.2) is 4.79 Å². The fraction of sp³-hybridized carbons (Fsp3) is 0.200. The first-order chi connectivity index (χ1) is 18.4. The summed E-state index contributed by atoms with van der Waals surface area (Å²) in [5, 5.41) is 2.93. The normalized spacial score (nSPS) is 13.3. The minimum absolute atomic E-state index is 0.0331. The minimum Gasteiger partial charge on any atom is -0.497 e. The van der Waals surface area contributed by atoms with Gasteiger partial charge >= 0.3 is 6.03 Å². The van der Waals surface area contributed by atoms with Crippen LogP contribution in [0.5, 0.6) is 5.75 Å². The van der Waals surface area contributed by atoms with Crippen molar-refractivity contribution in [2.75, 3.05) is 38.6 Å². The van der Waals surface area contributed by atoms with Gasteiger partial charge in [0.15, 0.2) is 0 Å². The lowest BCUT2D eigenvalue weighted by molar-refractivity contribution is 0.0671. The van der Waals surface area contributed by atoms with Gasteiger partial charge in [-0.15, -0.1) is 0 Å². The first-order valence-corrected chi connectivity index (χ1v) is 13.3. The fourth-order valence-corrected chi connectivity index (χ4v) is 5.01. The Balaban J connectivity index is 1.36. The number of rotatable bonds is 5. The molecule has 0 saturated carbocycles. The molecule has 1 aromatic heterocycles. The number of hydrogen-bond donors (Lipinski definition) is 1. The Morgan fingerprint density at radius 2 is 1.53 bits per heavy atom. The van der Waals surface area contributed by atoms with Crippen LogP contribution in [0.1, 0.15) is 16.1 Å². The molecule has 0 radical (unpaired) electrons. The van der Waals surface area contributed by atoms with Crippen LogP contribution in [0.15, 0.2) is 89.4 Å². The van der Waals surface area contributed by atoms with Gasteiger partial charge in [0, 0.05) is 53.8 Å². The average molecular weight is 573 g/mol. The van der Waals surface area contributed by atoms with E-state index in [0.717, 1.165) is 38.5 Å². The molecule has 1 aliphatic heterocycles. The monoisotopic (exact) mass is 572 g/mol. The van der Waals surface area contributed by atoms with Gasteiger partial charge in [-0.05, 0) is 55.0 Å². The van der Waals surface area contributed by atoms with Gasteiger partial charge in [0.25, 0.3) is 5.91 Å². The summed E-state index contributed by atoms with van der Waals surface area (Å²) in [5.41, 5.74) is 5.13. The highest BCUT2D eigenvalue weighted by Gasteiger charge is 2.28. The second kappa shape index (κ2) is 11.1. The van der Waals surface area contributed by atoms with Crippen molar-refractivity contribution in [3.63, 3.8) is 0 Å². The lowest BCUT2D eigenvalue weighted by atomic mass is 10.1. The van der Waals surface area contributed by atoms with Crippen molar-refractivity contribution in [1.82, 2.24) is 14.4 Å². The van der Waals surface area contributed by atoms with Crippen molar-refractivity contribution in [3.8, 4) is 22.7 Å². The Hall–Kier alpha value is -4.04. The number of nitrogens with zero attached hydrogens (tertiary/aromatic N) is 3. The smallest absolute Gasteiger partial charge is 0.321 e. The number of piperazine rings is 1. The van der Waals surface area contributed by atoms with Crippen LogP contribution in [-0.2, 0) is 0 Å². The number of amides is 3. The number of halogens is 1. The predicted octanol–water partition coefficient (Wildman–Crippen LogP) is 6.21. The van der Waals surface area contributed by atoms with Crippen LogP contribution in [0.2, 0.25) is 0 Å². The molecule has 1 fully saturated rings. The molecule has 0 atom stereocenters. The molecular formula is C30H29BrN4O3. The fourth-order valence-electron chi connectivity index (χ4n) is 4.75. The summed E-state index contributed by atoms with van der Waals surface area (Å²) in [5.74, 6) is 0.717. The number of ether oxygens (including phenoxy) is 1. The van der Waals surface area contributed by atoms with Crippen LogP contribution in [0.4, 0.5) is 10.5 Å². The first kappa shape index (κ1) is 25.6. The highest BCUT2D eigenvalue weighted by atomic mass is 79.9. The molecule has 0 aliphatic carbocycles. The maximum Gasteiger partial charge on any atom is 0.321 e. The third-order valence-corrected chi connectivity index (χ3v) is 7.34. The third kappa shape index (κ3) is 5.31. The Bertz CT molecular complexity index is 1440. The van der Waals surface area contributed by atoms with Crippen molar-refractivity contribution in [2.45, 2.75) is 6.92 Å². The van der Waals surface area contributed by atoms with E-state index in [2.05, 4.69) is 25.8 Å². The van der Waals surface area contributed by atoms with Gasteiger partial charge in [0.05, 0.1) is 18.4 Å². The maximum absolute atomic E-state index is 13.7. The molecule has 1 saturated heterocycles. The zero-order valence-electron chi connectivity index (χ0n) is 21.4. The molecule has 0 spiro atoms. The molecule has 3 amide bonds. The number of aromatic nitrogens is 1. The first-order valence-electron chi connectivity index (χ1n) is 12.5. The molecule has 1 N–H and O–H groups in total. The molecule has 7 nitrogen and oxygen atoms in total. The molecule has 194 valence electrons. The molecule has 2 heterocycles. The zero-order valence-corrected chi connectivity index (χ0v) is 22.9. The van der Waals surface area contributed by atoms with E-state index >= 15 is 0 Å². The van der Waals surface area contributed by atoms with E-state index in [4.69, 9.17) is 4.74 Å².